The highest BCUT2D eigenvalue weighted by molar-refractivity contribution is 7.99. The van der Waals surface area contributed by atoms with Crippen molar-refractivity contribution in [1.29, 1.82) is 0 Å². The Kier molecular flexibility index (Phi) is 6.94. The third-order valence-electron chi connectivity index (χ3n) is 3.55. The van der Waals surface area contributed by atoms with Crippen molar-refractivity contribution in [2.45, 2.75) is 56.8 Å². The van der Waals surface area contributed by atoms with Crippen LogP contribution in [0, 0.1) is 0 Å². The fraction of sp³-hybridized carbons (Fsp3) is 0.846. The van der Waals surface area contributed by atoms with Gasteiger partial charge in [0.2, 0.25) is 11.1 Å². The lowest BCUT2D eigenvalue weighted by Gasteiger charge is -2.22. The molecule has 1 fully saturated rings. The number of tetrazole rings is 1. The number of hydrogen-bond acceptors (Lipinski definition) is 6. The molecule has 21 heavy (non-hydrogen) atoms. The van der Waals surface area contributed by atoms with Crippen molar-refractivity contribution in [3.63, 3.8) is 0 Å². The molecule has 2 N–H and O–H groups in total. The number of hydrogen-bond donors (Lipinski definition) is 2. The molecule has 0 unspecified atom stereocenters. The molecule has 1 aliphatic rings. The molecule has 0 spiro atoms. The van der Waals surface area contributed by atoms with Crippen LogP contribution in [0.25, 0.3) is 0 Å². The summed E-state index contributed by atoms with van der Waals surface area (Å²) in [6, 6.07) is 0.358. The maximum absolute atomic E-state index is 12.0. The topological polar surface area (TPSA) is 84.7 Å². The molecule has 1 saturated carbocycles. The van der Waals surface area contributed by atoms with E-state index in [4.69, 9.17) is 0 Å². The summed E-state index contributed by atoms with van der Waals surface area (Å²) in [7, 11) is 0. The molecule has 0 bridgehead atoms. The number of thioether (sulfide) groups is 1. The zero-order chi connectivity index (χ0) is 14.9. The molecular weight excluding hydrogens is 288 g/mol. The fourth-order valence-corrected chi connectivity index (χ4v) is 3.16. The first kappa shape index (κ1) is 16.2. The molecule has 118 valence electrons. The predicted octanol–water partition coefficient (Wildman–Crippen LogP) is 0.824. The van der Waals surface area contributed by atoms with Gasteiger partial charge < -0.3 is 10.6 Å². The number of aromatic nitrogens is 4. The lowest BCUT2D eigenvalue weighted by atomic mass is 9.95. The van der Waals surface area contributed by atoms with E-state index in [-0.39, 0.29) is 5.91 Å². The van der Waals surface area contributed by atoms with Gasteiger partial charge >= 0.3 is 0 Å². The molecule has 1 amide bonds. The van der Waals surface area contributed by atoms with Gasteiger partial charge in [0.05, 0.1) is 12.3 Å². The molecule has 0 saturated heterocycles. The monoisotopic (exact) mass is 312 g/mol. The number of likely N-dealkylation sites (N-methyl/N-ethyl adjacent to an activating group) is 1. The van der Waals surface area contributed by atoms with E-state index in [1.807, 2.05) is 0 Å². The van der Waals surface area contributed by atoms with Crippen molar-refractivity contribution in [2.75, 3.05) is 18.8 Å². The average Bonchev–Trinajstić information content (AvgIpc) is 2.94. The Labute approximate surface area is 129 Å². The molecule has 0 aromatic carbocycles. The first-order valence-corrected chi connectivity index (χ1v) is 8.67. The quantitative estimate of drug-likeness (QED) is 0.546. The van der Waals surface area contributed by atoms with Crippen LogP contribution in [-0.2, 0) is 11.3 Å². The zero-order valence-corrected chi connectivity index (χ0v) is 13.4. The molecular formula is C13H24N6OS. The average molecular weight is 312 g/mol. The zero-order valence-electron chi connectivity index (χ0n) is 12.5. The van der Waals surface area contributed by atoms with Crippen LogP contribution in [0.15, 0.2) is 5.16 Å². The van der Waals surface area contributed by atoms with E-state index in [1.165, 1.54) is 31.0 Å². The number of nitrogens with zero attached hydrogens (tertiary/aromatic N) is 4. The van der Waals surface area contributed by atoms with Crippen LogP contribution >= 0.6 is 11.8 Å². The number of carbonyl (C=O) groups excluding carboxylic acids is 1. The summed E-state index contributed by atoms with van der Waals surface area (Å²) in [4.78, 5) is 12.0. The third kappa shape index (κ3) is 5.62. The van der Waals surface area contributed by atoms with Crippen molar-refractivity contribution in [3.05, 3.63) is 0 Å². The summed E-state index contributed by atoms with van der Waals surface area (Å²) in [5.41, 5.74) is 0. The van der Waals surface area contributed by atoms with Gasteiger partial charge in [-0.05, 0) is 29.8 Å². The highest BCUT2D eigenvalue weighted by Crippen LogP contribution is 2.18. The Bertz CT molecular complexity index is 432. The summed E-state index contributed by atoms with van der Waals surface area (Å²) < 4.78 is 1.74. The minimum atomic E-state index is 0.0770. The van der Waals surface area contributed by atoms with Crippen LogP contribution in [0.1, 0.15) is 39.0 Å². The van der Waals surface area contributed by atoms with Gasteiger partial charge in [0, 0.05) is 12.6 Å². The Balaban J connectivity index is 1.71. The number of rotatable bonds is 8. The highest BCUT2D eigenvalue weighted by Gasteiger charge is 2.16. The van der Waals surface area contributed by atoms with E-state index in [2.05, 4.69) is 33.1 Å². The third-order valence-corrected chi connectivity index (χ3v) is 4.51. The summed E-state index contributed by atoms with van der Waals surface area (Å²) in [6.07, 6.45) is 5.96. The van der Waals surface area contributed by atoms with E-state index in [0.717, 1.165) is 25.9 Å². The number of carbonyl (C=O) groups is 1. The van der Waals surface area contributed by atoms with Crippen molar-refractivity contribution in [3.8, 4) is 0 Å². The second-order valence-electron chi connectivity index (χ2n) is 5.23. The van der Waals surface area contributed by atoms with E-state index in [1.54, 1.807) is 4.68 Å². The van der Waals surface area contributed by atoms with E-state index in [9.17, 15) is 4.79 Å². The molecule has 1 aromatic rings. The molecule has 1 heterocycles. The Morgan fingerprint density at radius 1 is 1.38 bits per heavy atom. The van der Waals surface area contributed by atoms with Crippen molar-refractivity contribution in [2.24, 2.45) is 0 Å². The summed E-state index contributed by atoms with van der Waals surface area (Å²) in [5.74, 6) is 0.450. The van der Waals surface area contributed by atoms with Crippen LogP contribution in [0.4, 0.5) is 0 Å². The molecule has 7 nitrogen and oxygen atoms in total. The van der Waals surface area contributed by atoms with Gasteiger partial charge in [0.1, 0.15) is 0 Å². The van der Waals surface area contributed by atoms with Crippen LogP contribution < -0.4 is 10.6 Å². The molecule has 0 aliphatic heterocycles. The van der Waals surface area contributed by atoms with Gasteiger partial charge in [-0.2, -0.15) is 0 Å². The minimum Gasteiger partial charge on any atom is -0.353 e. The lowest BCUT2D eigenvalue weighted by molar-refractivity contribution is -0.119. The van der Waals surface area contributed by atoms with Gasteiger partial charge in [-0.25, -0.2) is 4.68 Å². The van der Waals surface area contributed by atoms with Gasteiger partial charge in [0.25, 0.3) is 0 Å². The Morgan fingerprint density at radius 3 is 2.95 bits per heavy atom. The Morgan fingerprint density at radius 2 is 2.19 bits per heavy atom. The minimum absolute atomic E-state index is 0.0770. The fourth-order valence-electron chi connectivity index (χ4n) is 2.45. The molecule has 0 atom stereocenters. The Hall–Kier alpha value is -1.15. The second kappa shape index (κ2) is 8.99. The summed E-state index contributed by atoms with van der Waals surface area (Å²) >= 11 is 1.40. The van der Waals surface area contributed by atoms with Crippen molar-refractivity contribution < 1.29 is 4.79 Å². The van der Waals surface area contributed by atoms with Crippen LogP contribution in [0.5, 0.6) is 0 Å². The maximum Gasteiger partial charge on any atom is 0.230 e. The first-order valence-electron chi connectivity index (χ1n) is 7.68. The van der Waals surface area contributed by atoms with E-state index < -0.39 is 0 Å². The first-order chi connectivity index (χ1) is 10.3. The molecule has 8 heteroatoms. The normalized spacial score (nSPS) is 16.0. The molecule has 1 aliphatic carbocycles. The lowest BCUT2D eigenvalue weighted by Crippen LogP contribution is -2.37. The van der Waals surface area contributed by atoms with E-state index in [0.29, 0.717) is 23.5 Å². The van der Waals surface area contributed by atoms with Crippen LogP contribution in [-0.4, -0.2) is 51.0 Å². The van der Waals surface area contributed by atoms with Crippen LogP contribution in [0.2, 0.25) is 0 Å². The van der Waals surface area contributed by atoms with Gasteiger partial charge in [0.15, 0.2) is 0 Å². The highest BCUT2D eigenvalue weighted by atomic mass is 32.2. The smallest absolute Gasteiger partial charge is 0.230 e. The number of amides is 1. The van der Waals surface area contributed by atoms with Crippen LogP contribution in [0.3, 0.4) is 0 Å². The summed E-state index contributed by atoms with van der Waals surface area (Å²) in [5, 5.41) is 18.6. The molecule has 1 aromatic heterocycles. The predicted molar refractivity (Wildman–Crippen MR) is 82.1 cm³/mol. The van der Waals surface area contributed by atoms with Gasteiger partial charge in [-0.15, -0.1) is 5.10 Å². The summed E-state index contributed by atoms with van der Waals surface area (Å²) in [6.45, 7) is 4.52. The number of nitrogens with one attached hydrogen (secondary N) is 2. The van der Waals surface area contributed by atoms with Gasteiger partial charge in [-0.3, -0.25) is 4.79 Å². The molecule has 0 radical (unpaired) electrons. The standard InChI is InChI=1S/C13H24N6OS/c1-2-14-8-9-19-13(16-17-18-19)21-10-12(20)15-11-6-4-3-5-7-11/h11,14H,2-10H2,1H3,(H,15,20). The van der Waals surface area contributed by atoms with E-state index >= 15 is 0 Å². The van der Waals surface area contributed by atoms with Gasteiger partial charge in [-0.1, -0.05) is 37.9 Å². The second-order valence-corrected chi connectivity index (χ2v) is 6.17. The molecule has 2 rings (SSSR count). The largest absolute Gasteiger partial charge is 0.353 e. The van der Waals surface area contributed by atoms with Crippen molar-refractivity contribution >= 4 is 17.7 Å². The van der Waals surface area contributed by atoms with Crippen molar-refractivity contribution in [1.82, 2.24) is 30.8 Å². The SMILES string of the molecule is CCNCCn1nnnc1SCC(=O)NC1CCCCC1. The maximum atomic E-state index is 12.0.